The van der Waals surface area contributed by atoms with Gasteiger partial charge in [-0.25, -0.2) is 8.78 Å². The summed E-state index contributed by atoms with van der Waals surface area (Å²) in [5.74, 6) is -0.420. The van der Waals surface area contributed by atoms with Crippen molar-refractivity contribution in [1.82, 2.24) is 5.32 Å². The minimum absolute atomic E-state index is 0.0538. The summed E-state index contributed by atoms with van der Waals surface area (Å²) in [6.07, 6.45) is 3.67. The molecule has 0 aromatic heterocycles. The average molecular weight is 285 g/mol. The van der Waals surface area contributed by atoms with Crippen LogP contribution in [-0.4, -0.2) is 17.0 Å². The van der Waals surface area contributed by atoms with E-state index in [-0.39, 0.29) is 6.04 Å². The summed E-state index contributed by atoms with van der Waals surface area (Å²) in [6.45, 7) is 4.19. The molecule has 0 heterocycles. The van der Waals surface area contributed by atoms with Gasteiger partial charge in [0.1, 0.15) is 0 Å². The highest BCUT2D eigenvalue weighted by Crippen LogP contribution is 2.31. The summed E-state index contributed by atoms with van der Waals surface area (Å²) in [6, 6.07) is 4.69. The zero-order valence-electron chi connectivity index (χ0n) is 11.5. The van der Waals surface area contributed by atoms with E-state index in [2.05, 4.69) is 12.2 Å². The first-order valence-corrected chi connectivity index (χ1v) is 7.99. The Morgan fingerprint density at radius 1 is 1.32 bits per heavy atom. The quantitative estimate of drug-likeness (QED) is 0.866. The van der Waals surface area contributed by atoms with E-state index in [0.717, 1.165) is 11.3 Å². The first-order valence-electron chi connectivity index (χ1n) is 6.94. The lowest BCUT2D eigenvalue weighted by atomic mass is 10.1. The first-order chi connectivity index (χ1) is 9.11. The lowest BCUT2D eigenvalue weighted by Crippen LogP contribution is -2.36. The van der Waals surface area contributed by atoms with Crippen molar-refractivity contribution in [2.45, 2.75) is 50.4 Å². The van der Waals surface area contributed by atoms with Gasteiger partial charge in [-0.1, -0.05) is 19.4 Å². The second-order valence-electron chi connectivity index (χ2n) is 5.09. The molecule has 0 saturated heterocycles. The highest BCUT2D eigenvalue weighted by atomic mass is 32.2. The molecule has 1 aliphatic rings. The first kappa shape index (κ1) is 14.8. The molecule has 0 amide bonds. The van der Waals surface area contributed by atoms with E-state index >= 15 is 0 Å². The Morgan fingerprint density at radius 3 is 2.79 bits per heavy atom. The number of benzene rings is 1. The molecular weight excluding hydrogens is 264 g/mol. The van der Waals surface area contributed by atoms with Crippen molar-refractivity contribution < 1.29 is 8.78 Å². The van der Waals surface area contributed by atoms with Gasteiger partial charge in [-0.3, -0.25) is 0 Å². The second-order valence-corrected chi connectivity index (χ2v) is 6.61. The Labute approximate surface area is 118 Å². The van der Waals surface area contributed by atoms with E-state index in [1.807, 2.05) is 18.7 Å². The highest BCUT2D eigenvalue weighted by Gasteiger charge is 2.28. The number of halogens is 2. The number of nitrogens with one attached hydrogen (secondary N) is 1. The molecule has 3 unspecified atom stereocenters. The molecule has 2 rings (SSSR count). The molecule has 0 radical (unpaired) electrons. The fourth-order valence-corrected chi connectivity index (χ4v) is 3.94. The molecule has 0 spiro atoms. The third-order valence-corrected chi connectivity index (χ3v) is 5.07. The van der Waals surface area contributed by atoms with Crippen LogP contribution in [0.25, 0.3) is 0 Å². The van der Waals surface area contributed by atoms with Crippen LogP contribution < -0.4 is 5.32 Å². The summed E-state index contributed by atoms with van der Waals surface area (Å²) in [4.78, 5) is 0. The van der Waals surface area contributed by atoms with Gasteiger partial charge in [-0.05, 0) is 43.2 Å². The number of rotatable bonds is 5. The van der Waals surface area contributed by atoms with Crippen LogP contribution in [0.1, 0.15) is 44.7 Å². The van der Waals surface area contributed by atoms with Crippen LogP contribution in [0.15, 0.2) is 18.2 Å². The van der Waals surface area contributed by atoms with Gasteiger partial charge in [-0.15, -0.1) is 0 Å². The van der Waals surface area contributed by atoms with Crippen LogP contribution in [0.3, 0.4) is 0 Å². The van der Waals surface area contributed by atoms with Gasteiger partial charge in [0.05, 0.1) is 0 Å². The fourth-order valence-electron chi connectivity index (χ4n) is 2.73. The van der Waals surface area contributed by atoms with Crippen molar-refractivity contribution in [1.29, 1.82) is 0 Å². The molecule has 1 N–H and O–H groups in total. The van der Waals surface area contributed by atoms with Crippen LogP contribution >= 0.6 is 11.8 Å². The Kier molecular flexibility index (Phi) is 5.22. The minimum atomic E-state index is -0.781. The Bertz CT molecular complexity index is 425. The zero-order valence-corrected chi connectivity index (χ0v) is 12.3. The fraction of sp³-hybridized carbons (Fsp3) is 0.600. The maximum atomic E-state index is 13.2. The highest BCUT2D eigenvalue weighted by molar-refractivity contribution is 7.99. The molecule has 1 fully saturated rings. The van der Waals surface area contributed by atoms with Gasteiger partial charge < -0.3 is 5.32 Å². The second kappa shape index (κ2) is 6.71. The summed E-state index contributed by atoms with van der Waals surface area (Å²) >= 11 is 1.99. The number of thioether (sulfide) groups is 1. The lowest BCUT2D eigenvalue weighted by Gasteiger charge is -2.25. The van der Waals surface area contributed by atoms with Crippen LogP contribution in [0.5, 0.6) is 0 Å². The largest absolute Gasteiger partial charge is 0.306 e. The standard InChI is InChI=1S/C15H21F2NS/c1-3-19-15-6-4-5-14(15)18-10(2)11-7-8-12(16)13(17)9-11/h7-10,14-15,18H,3-6H2,1-2H3. The molecule has 3 atom stereocenters. The lowest BCUT2D eigenvalue weighted by molar-refractivity contribution is 0.460. The average Bonchev–Trinajstić information content (AvgIpc) is 2.80. The SMILES string of the molecule is CCSC1CCCC1NC(C)c1ccc(F)c(F)c1. The van der Waals surface area contributed by atoms with Crippen LogP contribution in [0, 0.1) is 11.6 Å². The maximum Gasteiger partial charge on any atom is 0.159 e. The topological polar surface area (TPSA) is 12.0 Å². The number of hydrogen-bond donors (Lipinski definition) is 1. The van der Waals surface area contributed by atoms with Gasteiger partial charge >= 0.3 is 0 Å². The normalized spacial score (nSPS) is 24.6. The van der Waals surface area contributed by atoms with E-state index in [9.17, 15) is 8.78 Å². The molecule has 4 heteroatoms. The minimum Gasteiger partial charge on any atom is -0.306 e. The summed E-state index contributed by atoms with van der Waals surface area (Å²) in [7, 11) is 0. The molecule has 0 bridgehead atoms. The molecule has 1 nitrogen and oxygen atoms in total. The van der Waals surface area contributed by atoms with E-state index in [1.165, 1.54) is 31.4 Å². The van der Waals surface area contributed by atoms with Crippen LogP contribution in [0.2, 0.25) is 0 Å². The van der Waals surface area contributed by atoms with E-state index in [4.69, 9.17) is 0 Å². The third-order valence-electron chi connectivity index (χ3n) is 3.74. The van der Waals surface area contributed by atoms with Gasteiger partial charge in [0.15, 0.2) is 11.6 Å². The van der Waals surface area contributed by atoms with Crippen molar-refractivity contribution in [2.75, 3.05) is 5.75 Å². The Balaban J connectivity index is 1.99. The maximum absolute atomic E-state index is 13.2. The van der Waals surface area contributed by atoms with Gasteiger partial charge in [-0.2, -0.15) is 11.8 Å². The predicted molar refractivity (Wildman–Crippen MR) is 77.5 cm³/mol. The van der Waals surface area contributed by atoms with Crippen molar-refractivity contribution in [2.24, 2.45) is 0 Å². The predicted octanol–water partition coefficient (Wildman–Crippen LogP) is 4.29. The van der Waals surface area contributed by atoms with Gasteiger partial charge in [0.2, 0.25) is 0 Å². The molecule has 1 aromatic carbocycles. The molecule has 1 aromatic rings. The molecule has 0 aliphatic heterocycles. The van der Waals surface area contributed by atoms with Gasteiger partial charge in [0, 0.05) is 17.3 Å². The van der Waals surface area contributed by atoms with E-state index in [0.29, 0.717) is 11.3 Å². The van der Waals surface area contributed by atoms with Crippen molar-refractivity contribution >= 4 is 11.8 Å². The smallest absolute Gasteiger partial charge is 0.159 e. The summed E-state index contributed by atoms with van der Waals surface area (Å²) in [5, 5.41) is 4.22. The van der Waals surface area contributed by atoms with Crippen molar-refractivity contribution in [3.05, 3.63) is 35.4 Å². The van der Waals surface area contributed by atoms with Gasteiger partial charge in [0.25, 0.3) is 0 Å². The molecule has 19 heavy (non-hydrogen) atoms. The third kappa shape index (κ3) is 3.69. The Hall–Kier alpha value is -0.610. The van der Waals surface area contributed by atoms with Crippen molar-refractivity contribution in [3.8, 4) is 0 Å². The Morgan fingerprint density at radius 2 is 2.11 bits per heavy atom. The van der Waals surface area contributed by atoms with Crippen LogP contribution in [-0.2, 0) is 0 Å². The van der Waals surface area contributed by atoms with Crippen molar-refractivity contribution in [3.63, 3.8) is 0 Å². The van der Waals surface area contributed by atoms with Crippen LogP contribution in [0.4, 0.5) is 8.78 Å². The summed E-state index contributed by atoms with van der Waals surface area (Å²) in [5.41, 5.74) is 0.811. The van der Waals surface area contributed by atoms with E-state index in [1.54, 1.807) is 6.07 Å². The monoisotopic (exact) mass is 285 g/mol. The molecule has 1 aliphatic carbocycles. The number of hydrogen-bond acceptors (Lipinski definition) is 2. The summed E-state index contributed by atoms with van der Waals surface area (Å²) < 4.78 is 26.2. The zero-order chi connectivity index (χ0) is 13.8. The molecule has 106 valence electrons. The van der Waals surface area contributed by atoms with E-state index < -0.39 is 11.6 Å². The molecular formula is C15H21F2NS. The molecule has 1 saturated carbocycles.